The van der Waals surface area contributed by atoms with E-state index in [4.69, 9.17) is 4.74 Å². The van der Waals surface area contributed by atoms with Crippen LogP contribution in [-0.2, 0) is 17.8 Å². The maximum atomic E-state index is 14.8. The molecule has 0 saturated heterocycles. The highest BCUT2D eigenvalue weighted by Crippen LogP contribution is 2.44. The van der Waals surface area contributed by atoms with E-state index < -0.39 is 35.8 Å². The molecule has 1 aromatic carbocycles. The highest BCUT2D eigenvalue weighted by Gasteiger charge is 2.42. The van der Waals surface area contributed by atoms with Crippen LogP contribution in [0.4, 0.5) is 39.3 Å². The number of hydrogen-bond acceptors (Lipinski definition) is 6. The maximum Gasteiger partial charge on any atom is 0.418 e. The number of fused-ring (bicyclic) bond motifs is 1. The van der Waals surface area contributed by atoms with Gasteiger partial charge in [-0.3, -0.25) is 9.48 Å². The van der Waals surface area contributed by atoms with E-state index in [2.05, 4.69) is 20.7 Å². The minimum Gasteiger partial charge on any atom is -0.496 e. The van der Waals surface area contributed by atoms with Crippen LogP contribution in [0, 0.1) is 5.92 Å². The van der Waals surface area contributed by atoms with E-state index >= 15 is 0 Å². The average Bonchev–Trinajstić information content (AvgIpc) is 3.62. The van der Waals surface area contributed by atoms with Gasteiger partial charge in [0.25, 0.3) is 5.92 Å². The third kappa shape index (κ3) is 4.79. The number of amides is 1. The second-order valence-electron chi connectivity index (χ2n) is 8.56. The van der Waals surface area contributed by atoms with Gasteiger partial charge in [-0.1, -0.05) is 13.0 Å². The Labute approximate surface area is 202 Å². The number of hydrogen-bond donors (Lipinski definition) is 3. The molecule has 1 fully saturated rings. The normalized spacial score (nSPS) is 15.1. The number of benzene rings is 1. The highest BCUT2D eigenvalue weighted by molar-refractivity contribution is 5.99. The Balaban J connectivity index is 1.84. The predicted molar refractivity (Wildman–Crippen MR) is 121 cm³/mol. The molecule has 1 saturated carbocycles. The van der Waals surface area contributed by atoms with Gasteiger partial charge >= 0.3 is 6.18 Å². The molecule has 2 heterocycles. The Morgan fingerprint density at radius 1 is 1.28 bits per heavy atom. The molecule has 1 amide bonds. The molecule has 1 aliphatic carbocycles. The number of carbonyl (C=O) groups excluding carboxylic acids is 1. The quantitative estimate of drug-likeness (QED) is 0.360. The van der Waals surface area contributed by atoms with Crippen molar-refractivity contribution in [3.8, 4) is 5.75 Å². The maximum absolute atomic E-state index is 14.8. The van der Waals surface area contributed by atoms with Gasteiger partial charge in [0.05, 0.1) is 29.3 Å². The summed E-state index contributed by atoms with van der Waals surface area (Å²) in [6, 6.07) is 3.61. The lowest BCUT2D eigenvalue weighted by Crippen LogP contribution is -2.21. The molecule has 0 bridgehead atoms. The number of nitrogens with one attached hydrogen (secondary N) is 2. The number of carbonyl (C=O) groups is 1. The van der Waals surface area contributed by atoms with Crippen molar-refractivity contribution in [2.45, 2.75) is 44.4 Å². The van der Waals surface area contributed by atoms with Gasteiger partial charge in [0.2, 0.25) is 5.91 Å². The summed E-state index contributed by atoms with van der Waals surface area (Å²) in [7, 11) is 2.65. The molecule has 36 heavy (non-hydrogen) atoms. The van der Waals surface area contributed by atoms with Crippen LogP contribution in [0.1, 0.15) is 43.4 Å². The van der Waals surface area contributed by atoms with Crippen LogP contribution in [0.15, 0.2) is 24.4 Å². The molecule has 1 atom stereocenters. The van der Waals surface area contributed by atoms with Crippen LogP contribution in [0.3, 0.4) is 0 Å². The predicted octanol–water partition coefficient (Wildman–Crippen LogP) is 5.17. The summed E-state index contributed by atoms with van der Waals surface area (Å²) in [6.45, 7) is 1.29. The van der Waals surface area contributed by atoms with Gasteiger partial charge < -0.3 is 20.5 Å². The Hall–Kier alpha value is -3.48. The first-order valence-electron chi connectivity index (χ1n) is 11.1. The van der Waals surface area contributed by atoms with E-state index in [0.717, 1.165) is 32.2 Å². The molecular weight excluding hydrogens is 489 g/mol. The lowest BCUT2D eigenvalue weighted by atomic mass is 10.0. The molecule has 194 valence electrons. The number of aliphatic hydroxyl groups is 1. The minimum absolute atomic E-state index is 0.0328. The van der Waals surface area contributed by atoms with Gasteiger partial charge in [-0.05, 0) is 18.9 Å². The molecule has 0 spiro atoms. The Morgan fingerprint density at radius 3 is 2.56 bits per heavy atom. The van der Waals surface area contributed by atoms with Gasteiger partial charge in [0, 0.05) is 37.2 Å². The van der Waals surface area contributed by atoms with Crippen molar-refractivity contribution in [2.75, 3.05) is 17.7 Å². The fourth-order valence-electron chi connectivity index (χ4n) is 3.85. The zero-order chi connectivity index (χ0) is 26.4. The summed E-state index contributed by atoms with van der Waals surface area (Å²) in [5.41, 5.74) is -0.863. The number of alkyl halides is 5. The molecule has 13 heteroatoms. The summed E-state index contributed by atoms with van der Waals surface area (Å²) in [4.78, 5) is 16.1. The number of nitrogens with zero attached hydrogens (tertiary/aromatic N) is 3. The van der Waals surface area contributed by atoms with Crippen LogP contribution in [0.5, 0.6) is 5.75 Å². The second kappa shape index (κ2) is 9.19. The van der Waals surface area contributed by atoms with Crippen molar-refractivity contribution in [2.24, 2.45) is 13.0 Å². The van der Waals surface area contributed by atoms with E-state index in [1.54, 1.807) is 0 Å². The van der Waals surface area contributed by atoms with Crippen LogP contribution in [0.2, 0.25) is 0 Å². The third-order valence-corrected chi connectivity index (χ3v) is 6.00. The van der Waals surface area contributed by atoms with Gasteiger partial charge in [0.1, 0.15) is 11.6 Å². The Kier molecular flexibility index (Phi) is 6.54. The van der Waals surface area contributed by atoms with Gasteiger partial charge in [0.15, 0.2) is 11.9 Å². The van der Waals surface area contributed by atoms with Crippen molar-refractivity contribution < 1.29 is 36.6 Å². The zero-order valence-electron chi connectivity index (χ0n) is 19.6. The van der Waals surface area contributed by atoms with Crippen molar-refractivity contribution in [1.29, 1.82) is 0 Å². The molecule has 2 aromatic heterocycles. The van der Waals surface area contributed by atoms with Gasteiger partial charge in [-0.25, -0.2) is 13.8 Å². The summed E-state index contributed by atoms with van der Waals surface area (Å²) >= 11 is 0. The van der Waals surface area contributed by atoms with Crippen molar-refractivity contribution in [1.82, 2.24) is 14.8 Å². The van der Waals surface area contributed by atoms with Gasteiger partial charge in [-0.15, -0.1) is 0 Å². The van der Waals surface area contributed by atoms with Crippen molar-refractivity contribution >= 4 is 34.1 Å². The average molecular weight is 513 g/mol. The highest BCUT2D eigenvalue weighted by atomic mass is 19.4. The molecule has 0 aliphatic heterocycles. The second-order valence-corrected chi connectivity index (χ2v) is 8.56. The molecule has 3 N–H and O–H groups in total. The molecule has 4 rings (SSSR count). The number of aromatic nitrogens is 3. The summed E-state index contributed by atoms with van der Waals surface area (Å²) in [5, 5.41) is 19.5. The van der Waals surface area contributed by atoms with Crippen LogP contribution >= 0.6 is 0 Å². The fraction of sp³-hybridized carbons (Fsp3) is 0.435. The van der Waals surface area contributed by atoms with Crippen LogP contribution in [-0.4, -0.2) is 39.1 Å². The number of anilines is 3. The summed E-state index contributed by atoms with van der Waals surface area (Å²) in [6.07, 6.45) is -5.95. The first-order chi connectivity index (χ1) is 16.9. The van der Waals surface area contributed by atoms with Crippen molar-refractivity contribution in [3.05, 3.63) is 35.5 Å². The third-order valence-electron chi connectivity index (χ3n) is 6.00. The number of halogens is 5. The molecule has 1 unspecified atom stereocenters. The van der Waals surface area contributed by atoms with E-state index in [9.17, 15) is 31.9 Å². The number of aryl methyl sites for hydroxylation is 1. The first-order valence-corrected chi connectivity index (χ1v) is 11.1. The summed E-state index contributed by atoms with van der Waals surface area (Å²) in [5.74, 6) is -4.10. The molecule has 0 radical (unpaired) electrons. The summed E-state index contributed by atoms with van der Waals surface area (Å²) < 4.78 is 75.9. The Bertz CT molecular complexity index is 1300. The van der Waals surface area contributed by atoms with E-state index in [-0.39, 0.29) is 40.3 Å². The van der Waals surface area contributed by atoms with Crippen molar-refractivity contribution in [3.63, 3.8) is 0 Å². The first kappa shape index (κ1) is 25.6. The topological polar surface area (TPSA) is 101 Å². The number of rotatable bonds is 8. The lowest BCUT2D eigenvalue weighted by molar-refractivity contribution is -0.207. The number of ether oxygens (including phenoxy) is 1. The van der Waals surface area contributed by atoms with Crippen LogP contribution < -0.4 is 15.4 Å². The lowest BCUT2D eigenvalue weighted by Gasteiger charge is -2.20. The van der Waals surface area contributed by atoms with E-state index in [1.165, 1.54) is 30.8 Å². The van der Waals surface area contributed by atoms with Gasteiger partial charge in [-0.2, -0.15) is 18.3 Å². The van der Waals surface area contributed by atoms with E-state index in [1.807, 2.05) is 0 Å². The Morgan fingerprint density at radius 2 is 1.97 bits per heavy atom. The molecule has 8 nitrogen and oxygen atoms in total. The number of aliphatic hydroxyl groups excluding tert-OH is 1. The number of pyridine rings is 1. The zero-order valence-corrected chi connectivity index (χ0v) is 19.6. The minimum atomic E-state index is -4.97. The monoisotopic (exact) mass is 513 g/mol. The SMILES string of the molecule is CCC(F)(F)c1cnc(NC(=O)C2CC2)cc1Nc1nn(C)c2ccc(C(O)C(F)(F)F)c(OC)c12. The molecule has 3 aromatic rings. The molecule has 1 aliphatic rings. The fourth-order valence-corrected chi connectivity index (χ4v) is 3.85. The number of methoxy groups -OCH3 is 1. The molecular formula is C23H24F5N5O3. The largest absolute Gasteiger partial charge is 0.496 e. The van der Waals surface area contributed by atoms with E-state index in [0.29, 0.717) is 5.52 Å². The van der Waals surface area contributed by atoms with Crippen LogP contribution in [0.25, 0.3) is 10.9 Å². The smallest absolute Gasteiger partial charge is 0.418 e. The standard InChI is InChI=1S/C23H24F5N5O3/c1-4-22(24,25)13-10-29-16(31-21(35)11-5-6-11)9-14(13)30-20-17-15(33(2)32-20)8-7-12(18(17)36-3)19(34)23(26,27)28/h7-11,19,34H,4-6H2,1-3H3,(H2,29,30,31,32,35).